The number of nitrogens with zero attached hydrogens (tertiary/aromatic N) is 3. The number of amides is 1. The summed E-state index contributed by atoms with van der Waals surface area (Å²) in [6.07, 6.45) is 4.09. The van der Waals surface area contributed by atoms with Crippen LogP contribution in [0.15, 0.2) is 84.5 Å². The molecule has 2 aromatic carbocycles. The van der Waals surface area contributed by atoms with Gasteiger partial charge >= 0.3 is 0 Å². The zero-order valence-electron chi connectivity index (χ0n) is 16.0. The lowest BCUT2D eigenvalue weighted by molar-refractivity contribution is -0.121. The standard InChI is InChI=1S/C23H19N5OS/c29-20(14-17-15-30-23(24-17)28-12-6-7-13-28)27-21(16-8-2-1-3-9-16)22-25-18-10-4-5-11-19(18)26-22/h1-13,15,21H,14H2,(H,25,26)(H,27,29)/t21-/m0/s1. The molecule has 0 aliphatic heterocycles. The predicted octanol–water partition coefficient (Wildman–Crippen LogP) is 4.26. The number of H-pyrrole nitrogens is 1. The van der Waals surface area contributed by atoms with Crippen molar-refractivity contribution in [3.63, 3.8) is 0 Å². The van der Waals surface area contributed by atoms with Gasteiger partial charge < -0.3 is 14.9 Å². The Morgan fingerprint density at radius 2 is 1.77 bits per heavy atom. The molecule has 1 atom stereocenters. The monoisotopic (exact) mass is 413 g/mol. The molecule has 0 saturated carbocycles. The number of hydrogen-bond donors (Lipinski definition) is 2. The number of para-hydroxylation sites is 2. The number of aromatic amines is 1. The first-order valence-corrected chi connectivity index (χ1v) is 10.5. The SMILES string of the molecule is O=C(Cc1csc(-n2cccc2)n1)N[C@@H](c1ccccc1)c1nc2ccccc2[nH]1. The van der Waals surface area contributed by atoms with Crippen LogP contribution < -0.4 is 5.32 Å². The molecule has 0 bridgehead atoms. The smallest absolute Gasteiger partial charge is 0.226 e. The minimum Gasteiger partial charge on any atom is -0.342 e. The largest absolute Gasteiger partial charge is 0.342 e. The van der Waals surface area contributed by atoms with Crippen LogP contribution in [0.1, 0.15) is 23.1 Å². The summed E-state index contributed by atoms with van der Waals surface area (Å²) in [5, 5.41) is 5.90. The first-order valence-electron chi connectivity index (χ1n) is 9.63. The minimum atomic E-state index is -0.367. The second kappa shape index (κ2) is 7.96. The van der Waals surface area contributed by atoms with E-state index < -0.39 is 0 Å². The van der Waals surface area contributed by atoms with E-state index in [0.717, 1.165) is 27.4 Å². The van der Waals surface area contributed by atoms with Gasteiger partial charge in [-0.1, -0.05) is 42.5 Å². The van der Waals surface area contributed by atoms with E-state index in [-0.39, 0.29) is 18.4 Å². The number of aromatic nitrogens is 4. The van der Waals surface area contributed by atoms with E-state index in [9.17, 15) is 4.79 Å². The predicted molar refractivity (Wildman–Crippen MR) is 118 cm³/mol. The van der Waals surface area contributed by atoms with Crippen LogP contribution in [-0.2, 0) is 11.2 Å². The van der Waals surface area contributed by atoms with Crippen molar-refractivity contribution in [2.45, 2.75) is 12.5 Å². The zero-order valence-corrected chi connectivity index (χ0v) is 16.8. The Morgan fingerprint density at radius 3 is 2.57 bits per heavy atom. The Bertz CT molecular complexity index is 1240. The molecule has 0 unspecified atom stereocenters. The molecule has 0 saturated heterocycles. The lowest BCUT2D eigenvalue weighted by atomic mass is 10.1. The van der Waals surface area contributed by atoms with Crippen molar-refractivity contribution < 1.29 is 4.79 Å². The van der Waals surface area contributed by atoms with E-state index in [1.54, 1.807) is 0 Å². The Labute approximate surface area is 177 Å². The number of fused-ring (bicyclic) bond motifs is 1. The molecule has 148 valence electrons. The Hall–Kier alpha value is -3.71. The van der Waals surface area contributed by atoms with Gasteiger partial charge in [-0.2, -0.15) is 0 Å². The number of carbonyl (C=O) groups excluding carboxylic acids is 1. The summed E-state index contributed by atoms with van der Waals surface area (Å²) in [5.41, 5.74) is 3.53. The summed E-state index contributed by atoms with van der Waals surface area (Å²) >= 11 is 1.52. The van der Waals surface area contributed by atoms with Crippen LogP contribution in [0.25, 0.3) is 16.2 Å². The van der Waals surface area contributed by atoms with Gasteiger partial charge in [-0.25, -0.2) is 9.97 Å². The first kappa shape index (κ1) is 18.3. The second-order valence-electron chi connectivity index (χ2n) is 6.94. The summed E-state index contributed by atoms with van der Waals surface area (Å²) in [7, 11) is 0. The van der Waals surface area contributed by atoms with Crippen LogP contribution >= 0.6 is 11.3 Å². The van der Waals surface area contributed by atoms with Crippen molar-refractivity contribution in [1.82, 2.24) is 24.8 Å². The second-order valence-corrected chi connectivity index (χ2v) is 7.78. The number of thiazole rings is 1. The zero-order chi connectivity index (χ0) is 20.3. The van der Waals surface area contributed by atoms with Gasteiger partial charge in [-0.05, 0) is 29.8 Å². The Morgan fingerprint density at radius 1 is 1.00 bits per heavy atom. The number of nitrogens with one attached hydrogen (secondary N) is 2. The highest BCUT2D eigenvalue weighted by molar-refractivity contribution is 7.12. The van der Waals surface area contributed by atoms with E-state index in [0.29, 0.717) is 5.82 Å². The van der Waals surface area contributed by atoms with Crippen LogP contribution in [0.5, 0.6) is 0 Å². The normalized spacial score (nSPS) is 12.1. The van der Waals surface area contributed by atoms with Crippen molar-refractivity contribution >= 4 is 28.3 Å². The topological polar surface area (TPSA) is 75.6 Å². The maximum atomic E-state index is 12.9. The first-order chi connectivity index (χ1) is 14.8. The van der Waals surface area contributed by atoms with Crippen LogP contribution in [0.4, 0.5) is 0 Å². The van der Waals surface area contributed by atoms with Gasteiger partial charge in [0.25, 0.3) is 0 Å². The molecule has 6 nitrogen and oxygen atoms in total. The molecule has 7 heteroatoms. The van der Waals surface area contributed by atoms with Crippen molar-refractivity contribution in [1.29, 1.82) is 0 Å². The number of hydrogen-bond acceptors (Lipinski definition) is 4. The molecular weight excluding hydrogens is 394 g/mol. The number of benzene rings is 2. The van der Waals surface area contributed by atoms with Gasteiger partial charge in [-0.15, -0.1) is 11.3 Å². The molecule has 3 heterocycles. The van der Waals surface area contributed by atoms with E-state index >= 15 is 0 Å². The van der Waals surface area contributed by atoms with Crippen LogP contribution in [0, 0.1) is 0 Å². The quantitative estimate of drug-likeness (QED) is 0.437. The van der Waals surface area contributed by atoms with E-state index in [1.165, 1.54) is 11.3 Å². The highest BCUT2D eigenvalue weighted by Crippen LogP contribution is 2.23. The maximum absolute atomic E-state index is 12.9. The van der Waals surface area contributed by atoms with Gasteiger partial charge in [0.05, 0.1) is 23.1 Å². The molecule has 0 spiro atoms. The average molecular weight is 414 g/mol. The summed E-state index contributed by atoms with van der Waals surface area (Å²) < 4.78 is 1.94. The fraction of sp³-hybridized carbons (Fsp3) is 0.0870. The fourth-order valence-corrected chi connectivity index (χ4v) is 4.19. The molecule has 2 N–H and O–H groups in total. The summed E-state index contributed by atoms with van der Waals surface area (Å²) in [5.74, 6) is 0.607. The van der Waals surface area contributed by atoms with Crippen molar-refractivity contribution in [3.05, 3.63) is 102 Å². The van der Waals surface area contributed by atoms with Gasteiger partial charge in [-0.3, -0.25) is 4.79 Å². The molecular formula is C23H19N5OS. The molecule has 1 amide bonds. The number of imidazole rings is 1. The molecule has 0 aliphatic carbocycles. The molecule has 30 heavy (non-hydrogen) atoms. The third-order valence-electron chi connectivity index (χ3n) is 4.83. The highest BCUT2D eigenvalue weighted by atomic mass is 32.1. The summed E-state index contributed by atoms with van der Waals surface area (Å²) in [4.78, 5) is 25.5. The maximum Gasteiger partial charge on any atom is 0.226 e. The van der Waals surface area contributed by atoms with Gasteiger partial charge in [0.15, 0.2) is 5.13 Å². The average Bonchev–Trinajstić information content (AvgIpc) is 3.52. The molecule has 0 radical (unpaired) electrons. The fourth-order valence-electron chi connectivity index (χ4n) is 3.40. The molecule has 3 aromatic heterocycles. The highest BCUT2D eigenvalue weighted by Gasteiger charge is 2.21. The van der Waals surface area contributed by atoms with Crippen LogP contribution in [0.2, 0.25) is 0 Å². The minimum absolute atomic E-state index is 0.103. The Kier molecular flexibility index (Phi) is 4.86. The molecule has 5 rings (SSSR count). The van der Waals surface area contributed by atoms with Gasteiger partial charge in [0.1, 0.15) is 11.9 Å². The number of rotatable bonds is 6. The lowest BCUT2D eigenvalue weighted by Crippen LogP contribution is -2.31. The molecule has 0 aliphatic rings. The van der Waals surface area contributed by atoms with E-state index in [2.05, 4.69) is 15.3 Å². The van der Waals surface area contributed by atoms with Crippen molar-refractivity contribution in [2.75, 3.05) is 0 Å². The van der Waals surface area contributed by atoms with E-state index in [1.807, 2.05) is 89.1 Å². The van der Waals surface area contributed by atoms with Gasteiger partial charge in [0, 0.05) is 17.8 Å². The molecule has 5 aromatic rings. The Balaban J connectivity index is 1.39. The summed E-state index contributed by atoms with van der Waals surface area (Å²) in [6.45, 7) is 0. The number of carbonyl (C=O) groups is 1. The lowest BCUT2D eigenvalue weighted by Gasteiger charge is -2.17. The van der Waals surface area contributed by atoms with Crippen molar-refractivity contribution in [2.24, 2.45) is 0 Å². The third kappa shape index (κ3) is 3.75. The van der Waals surface area contributed by atoms with Crippen LogP contribution in [0.3, 0.4) is 0 Å². The summed E-state index contributed by atoms with van der Waals surface area (Å²) in [6, 6.07) is 21.2. The third-order valence-corrected chi connectivity index (χ3v) is 5.73. The van der Waals surface area contributed by atoms with E-state index in [4.69, 9.17) is 4.98 Å². The molecule has 0 fully saturated rings. The van der Waals surface area contributed by atoms with Crippen molar-refractivity contribution in [3.8, 4) is 5.13 Å². The van der Waals surface area contributed by atoms with Crippen LogP contribution in [-0.4, -0.2) is 25.4 Å². The van der Waals surface area contributed by atoms with Gasteiger partial charge in [0.2, 0.25) is 5.91 Å².